The molecule has 0 spiro atoms. The molecule has 156 valence electrons. The SMILES string of the molecule is CC1CCc2c(sc(NC(=O)c3cc([N+](=O)[O-])ccc3N3CCOCC3)c2C#N)C1. The van der Waals surface area contributed by atoms with E-state index in [1.807, 2.05) is 4.90 Å². The summed E-state index contributed by atoms with van der Waals surface area (Å²) in [7, 11) is 0. The third kappa shape index (κ3) is 3.88. The van der Waals surface area contributed by atoms with Gasteiger partial charge in [-0.15, -0.1) is 11.3 Å². The van der Waals surface area contributed by atoms with E-state index in [0.717, 1.165) is 29.7 Å². The zero-order valence-corrected chi connectivity index (χ0v) is 17.5. The zero-order valence-electron chi connectivity index (χ0n) is 16.6. The minimum Gasteiger partial charge on any atom is -0.378 e. The third-order valence-corrected chi connectivity index (χ3v) is 6.81. The van der Waals surface area contributed by atoms with Crippen LogP contribution in [-0.2, 0) is 17.6 Å². The van der Waals surface area contributed by atoms with Crippen LogP contribution < -0.4 is 10.2 Å². The second-order valence-corrected chi connectivity index (χ2v) is 8.78. The van der Waals surface area contributed by atoms with Gasteiger partial charge in [-0.3, -0.25) is 14.9 Å². The Kier molecular flexibility index (Phi) is 5.70. The number of rotatable bonds is 4. The van der Waals surface area contributed by atoms with Gasteiger partial charge in [0, 0.05) is 30.1 Å². The summed E-state index contributed by atoms with van der Waals surface area (Å²) < 4.78 is 5.38. The number of nitro benzene ring substituents is 1. The van der Waals surface area contributed by atoms with E-state index in [2.05, 4.69) is 18.3 Å². The van der Waals surface area contributed by atoms with Gasteiger partial charge in [0.05, 0.1) is 35.0 Å². The van der Waals surface area contributed by atoms with Crippen LogP contribution in [0.4, 0.5) is 16.4 Å². The summed E-state index contributed by atoms with van der Waals surface area (Å²) in [5, 5.41) is 24.4. The predicted molar refractivity (Wildman–Crippen MR) is 114 cm³/mol. The molecule has 0 bridgehead atoms. The highest BCUT2D eigenvalue weighted by atomic mass is 32.1. The molecule has 1 N–H and O–H groups in total. The molecule has 1 saturated heterocycles. The Morgan fingerprint density at radius 3 is 2.87 bits per heavy atom. The average molecular weight is 426 g/mol. The molecule has 1 aromatic carbocycles. The highest BCUT2D eigenvalue weighted by molar-refractivity contribution is 7.16. The first kappa shape index (κ1) is 20.3. The van der Waals surface area contributed by atoms with Crippen molar-refractivity contribution in [2.24, 2.45) is 5.92 Å². The summed E-state index contributed by atoms with van der Waals surface area (Å²) in [6.07, 6.45) is 2.76. The summed E-state index contributed by atoms with van der Waals surface area (Å²) in [6, 6.07) is 6.58. The number of benzene rings is 1. The first-order chi connectivity index (χ1) is 14.5. The lowest BCUT2D eigenvalue weighted by molar-refractivity contribution is -0.384. The summed E-state index contributed by atoms with van der Waals surface area (Å²) in [5.41, 5.74) is 2.28. The van der Waals surface area contributed by atoms with Crippen molar-refractivity contribution in [1.29, 1.82) is 5.26 Å². The summed E-state index contributed by atoms with van der Waals surface area (Å²) in [4.78, 5) is 27.1. The van der Waals surface area contributed by atoms with Gasteiger partial charge in [-0.2, -0.15) is 5.26 Å². The maximum absolute atomic E-state index is 13.2. The maximum Gasteiger partial charge on any atom is 0.270 e. The number of amides is 1. The van der Waals surface area contributed by atoms with Crippen molar-refractivity contribution in [3.8, 4) is 6.07 Å². The highest BCUT2D eigenvalue weighted by Gasteiger charge is 2.27. The second kappa shape index (κ2) is 8.42. The molecule has 1 aliphatic heterocycles. The fraction of sp³-hybridized carbons (Fsp3) is 0.429. The number of carbonyl (C=O) groups is 1. The monoisotopic (exact) mass is 426 g/mol. The molecule has 2 heterocycles. The normalized spacial score (nSPS) is 18.4. The number of ether oxygens (including phenoxy) is 1. The van der Waals surface area contributed by atoms with Gasteiger partial charge in [0.25, 0.3) is 11.6 Å². The fourth-order valence-electron chi connectivity index (χ4n) is 4.03. The van der Waals surface area contributed by atoms with Gasteiger partial charge in [-0.25, -0.2) is 0 Å². The van der Waals surface area contributed by atoms with Crippen LogP contribution in [0, 0.1) is 27.4 Å². The van der Waals surface area contributed by atoms with Crippen molar-refractivity contribution in [3.05, 3.63) is 49.9 Å². The van der Waals surface area contributed by atoms with E-state index in [4.69, 9.17) is 4.74 Å². The van der Waals surface area contributed by atoms with Gasteiger partial charge >= 0.3 is 0 Å². The van der Waals surface area contributed by atoms with E-state index < -0.39 is 10.8 Å². The molecule has 8 nitrogen and oxygen atoms in total. The van der Waals surface area contributed by atoms with Crippen LogP contribution in [0.5, 0.6) is 0 Å². The van der Waals surface area contributed by atoms with E-state index >= 15 is 0 Å². The third-order valence-electron chi connectivity index (χ3n) is 5.64. The van der Waals surface area contributed by atoms with Crippen LogP contribution >= 0.6 is 11.3 Å². The molecule has 0 saturated carbocycles. The zero-order chi connectivity index (χ0) is 21.3. The van der Waals surface area contributed by atoms with Gasteiger partial charge in [-0.05, 0) is 36.8 Å². The van der Waals surface area contributed by atoms with Gasteiger partial charge in [-0.1, -0.05) is 6.92 Å². The van der Waals surface area contributed by atoms with Crippen molar-refractivity contribution < 1.29 is 14.5 Å². The molecule has 9 heteroatoms. The molecule has 1 amide bonds. The Hall–Kier alpha value is -2.96. The molecular weight excluding hydrogens is 404 g/mol. The van der Waals surface area contributed by atoms with Crippen LogP contribution in [0.2, 0.25) is 0 Å². The Morgan fingerprint density at radius 1 is 1.40 bits per heavy atom. The predicted octanol–water partition coefficient (Wildman–Crippen LogP) is 3.74. The largest absolute Gasteiger partial charge is 0.378 e. The number of carbonyl (C=O) groups excluding carboxylic acids is 1. The summed E-state index contributed by atoms with van der Waals surface area (Å²) >= 11 is 1.44. The summed E-state index contributed by atoms with van der Waals surface area (Å²) in [5.74, 6) is 0.110. The molecular formula is C21H22N4O4S. The molecule has 1 aromatic heterocycles. The molecule has 2 aromatic rings. The number of fused-ring (bicyclic) bond motifs is 1. The van der Waals surface area contributed by atoms with E-state index in [0.29, 0.717) is 48.5 Å². The highest BCUT2D eigenvalue weighted by Crippen LogP contribution is 2.39. The Labute approximate surface area is 178 Å². The van der Waals surface area contributed by atoms with Crippen LogP contribution in [0.3, 0.4) is 0 Å². The number of hydrogen-bond acceptors (Lipinski definition) is 7. The number of nitrogens with zero attached hydrogens (tertiary/aromatic N) is 3. The minimum absolute atomic E-state index is 0.142. The lowest BCUT2D eigenvalue weighted by atomic mass is 9.88. The van der Waals surface area contributed by atoms with Gasteiger partial charge < -0.3 is 15.0 Å². The minimum atomic E-state index is -0.508. The van der Waals surface area contributed by atoms with Crippen molar-refractivity contribution in [3.63, 3.8) is 0 Å². The maximum atomic E-state index is 13.2. The van der Waals surface area contributed by atoms with Gasteiger partial charge in [0.1, 0.15) is 11.1 Å². The quantitative estimate of drug-likeness (QED) is 0.589. The lowest BCUT2D eigenvalue weighted by Crippen LogP contribution is -2.37. The molecule has 30 heavy (non-hydrogen) atoms. The van der Waals surface area contributed by atoms with Gasteiger partial charge in [0.2, 0.25) is 0 Å². The molecule has 1 fully saturated rings. The van der Waals surface area contributed by atoms with Gasteiger partial charge in [0.15, 0.2) is 0 Å². The van der Waals surface area contributed by atoms with Crippen molar-refractivity contribution >= 4 is 33.6 Å². The fourth-order valence-corrected chi connectivity index (χ4v) is 5.38. The van der Waals surface area contributed by atoms with Crippen LogP contribution in [0.15, 0.2) is 18.2 Å². The molecule has 1 aliphatic carbocycles. The number of nitrogens with one attached hydrogen (secondary N) is 1. The molecule has 2 aliphatic rings. The van der Waals surface area contributed by atoms with Crippen molar-refractivity contribution in [1.82, 2.24) is 0 Å². The first-order valence-electron chi connectivity index (χ1n) is 9.95. The number of non-ortho nitro benzene ring substituents is 1. The standard InChI is InChI=1S/C21H22N4O4S/c1-13-2-4-15-17(12-22)21(30-19(15)10-13)23-20(26)16-11-14(25(27)28)3-5-18(16)24-6-8-29-9-7-24/h3,5,11,13H,2,4,6-10H2,1H3,(H,23,26). The molecule has 1 unspecified atom stereocenters. The number of thiophene rings is 1. The molecule has 0 radical (unpaired) electrons. The van der Waals surface area contributed by atoms with Crippen LogP contribution in [0.1, 0.15) is 39.7 Å². The number of nitriles is 1. The van der Waals surface area contributed by atoms with Crippen molar-refractivity contribution in [2.75, 3.05) is 36.5 Å². The Bertz CT molecular complexity index is 1040. The van der Waals surface area contributed by atoms with E-state index in [-0.39, 0.29) is 11.3 Å². The number of morpholine rings is 1. The van der Waals surface area contributed by atoms with Crippen LogP contribution in [-0.4, -0.2) is 37.1 Å². The van der Waals surface area contributed by atoms with E-state index in [1.165, 1.54) is 23.5 Å². The Morgan fingerprint density at radius 2 is 2.17 bits per heavy atom. The smallest absolute Gasteiger partial charge is 0.270 e. The number of hydrogen-bond donors (Lipinski definition) is 1. The van der Waals surface area contributed by atoms with Crippen molar-refractivity contribution in [2.45, 2.75) is 26.2 Å². The lowest BCUT2D eigenvalue weighted by Gasteiger charge is -2.30. The summed E-state index contributed by atoms with van der Waals surface area (Å²) in [6.45, 7) is 4.46. The topological polar surface area (TPSA) is 108 Å². The number of nitro groups is 1. The first-order valence-corrected chi connectivity index (χ1v) is 10.8. The van der Waals surface area contributed by atoms with E-state index in [1.54, 1.807) is 6.07 Å². The van der Waals surface area contributed by atoms with Crippen LogP contribution in [0.25, 0.3) is 0 Å². The molecule has 4 rings (SSSR count). The Balaban J connectivity index is 1.68. The second-order valence-electron chi connectivity index (χ2n) is 7.68. The average Bonchev–Trinajstić information content (AvgIpc) is 3.09. The molecule has 1 atom stereocenters. The van der Waals surface area contributed by atoms with E-state index in [9.17, 15) is 20.2 Å². The number of anilines is 2.